The van der Waals surface area contributed by atoms with Crippen molar-refractivity contribution in [3.05, 3.63) is 35.9 Å². The molecule has 1 aromatic rings. The lowest BCUT2D eigenvalue weighted by Gasteiger charge is -2.24. The highest BCUT2D eigenvalue weighted by Gasteiger charge is 2.21. The molecule has 0 bridgehead atoms. The van der Waals surface area contributed by atoms with Crippen molar-refractivity contribution in [2.45, 2.75) is 19.4 Å². The third kappa shape index (κ3) is 2.85. The number of hydrogen-bond acceptors (Lipinski definition) is 2. The molecule has 1 aromatic carbocycles. The summed E-state index contributed by atoms with van der Waals surface area (Å²) < 4.78 is 5.28. The van der Waals surface area contributed by atoms with Crippen LogP contribution in [0, 0.1) is 0 Å². The van der Waals surface area contributed by atoms with Gasteiger partial charge in [0.25, 0.3) is 0 Å². The van der Waals surface area contributed by atoms with Crippen LogP contribution in [0.25, 0.3) is 0 Å². The Morgan fingerprint density at radius 1 is 1.36 bits per heavy atom. The summed E-state index contributed by atoms with van der Waals surface area (Å²) in [5.74, 6) is -0.950. The summed E-state index contributed by atoms with van der Waals surface area (Å²) in [6.07, 6.45) is 0. The summed E-state index contributed by atoms with van der Waals surface area (Å²) in [6, 6.07) is 9.56. The van der Waals surface area contributed by atoms with E-state index in [1.807, 2.05) is 44.2 Å². The first-order valence-electron chi connectivity index (χ1n) is 4.43. The van der Waals surface area contributed by atoms with E-state index >= 15 is 0 Å². The van der Waals surface area contributed by atoms with Crippen molar-refractivity contribution in [1.29, 1.82) is 0 Å². The van der Waals surface area contributed by atoms with Crippen LogP contribution in [0.3, 0.4) is 0 Å². The SMILES string of the molecule is CC(C)(OCC(=O)O)c1ccccc1. The molecule has 0 saturated heterocycles. The minimum Gasteiger partial charge on any atom is -0.480 e. The molecule has 0 unspecified atom stereocenters. The predicted molar refractivity (Wildman–Crippen MR) is 53.1 cm³/mol. The third-order valence-corrected chi connectivity index (χ3v) is 2.03. The smallest absolute Gasteiger partial charge is 0.329 e. The van der Waals surface area contributed by atoms with Crippen LogP contribution in [0.2, 0.25) is 0 Å². The fraction of sp³-hybridized carbons (Fsp3) is 0.364. The number of carbonyl (C=O) groups is 1. The number of rotatable bonds is 4. The lowest BCUT2D eigenvalue weighted by molar-refractivity contribution is -0.148. The maximum Gasteiger partial charge on any atom is 0.329 e. The Hall–Kier alpha value is -1.35. The monoisotopic (exact) mass is 194 g/mol. The maximum absolute atomic E-state index is 10.4. The average molecular weight is 194 g/mol. The normalized spacial score (nSPS) is 11.3. The summed E-state index contributed by atoms with van der Waals surface area (Å²) in [5, 5.41) is 8.50. The molecule has 0 saturated carbocycles. The Labute approximate surface area is 83.3 Å². The maximum atomic E-state index is 10.4. The van der Waals surface area contributed by atoms with Gasteiger partial charge in [0.2, 0.25) is 0 Å². The highest BCUT2D eigenvalue weighted by atomic mass is 16.5. The summed E-state index contributed by atoms with van der Waals surface area (Å²) in [6.45, 7) is 3.43. The second kappa shape index (κ2) is 4.24. The minimum absolute atomic E-state index is 0.276. The van der Waals surface area contributed by atoms with Gasteiger partial charge in [0, 0.05) is 0 Å². The number of benzene rings is 1. The van der Waals surface area contributed by atoms with Gasteiger partial charge in [0.1, 0.15) is 6.61 Å². The van der Waals surface area contributed by atoms with Crippen LogP contribution in [-0.2, 0) is 15.1 Å². The van der Waals surface area contributed by atoms with E-state index in [2.05, 4.69) is 0 Å². The van der Waals surface area contributed by atoms with Gasteiger partial charge in [0.05, 0.1) is 5.60 Å². The molecule has 0 heterocycles. The fourth-order valence-corrected chi connectivity index (χ4v) is 1.17. The Balaban J connectivity index is 2.70. The summed E-state index contributed by atoms with van der Waals surface area (Å²) in [5.41, 5.74) is 0.417. The zero-order chi connectivity index (χ0) is 10.6. The van der Waals surface area contributed by atoms with Gasteiger partial charge in [-0.15, -0.1) is 0 Å². The van der Waals surface area contributed by atoms with Gasteiger partial charge >= 0.3 is 5.97 Å². The standard InChI is InChI=1S/C11H14O3/c1-11(2,14-8-10(12)13)9-6-4-3-5-7-9/h3-7H,8H2,1-2H3,(H,12,13). The van der Waals surface area contributed by atoms with Crippen LogP contribution >= 0.6 is 0 Å². The first-order valence-corrected chi connectivity index (χ1v) is 4.43. The quantitative estimate of drug-likeness (QED) is 0.797. The van der Waals surface area contributed by atoms with E-state index in [4.69, 9.17) is 9.84 Å². The van der Waals surface area contributed by atoms with E-state index in [0.717, 1.165) is 5.56 Å². The van der Waals surface area contributed by atoms with Crippen molar-refractivity contribution in [2.24, 2.45) is 0 Å². The molecule has 3 nitrogen and oxygen atoms in total. The summed E-state index contributed by atoms with van der Waals surface area (Å²) in [7, 11) is 0. The molecule has 0 aliphatic rings. The molecule has 76 valence electrons. The van der Waals surface area contributed by atoms with Gasteiger partial charge in [-0.25, -0.2) is 4.79 Å². The van der Waals surface area contributed by atoms with E-state index in [1.54, 1.807) is 0 Å². The Bertz CT molecular complexity index is 304. The molecule has 0 radical (unpaired) electrons. The number of hydrogen-bond donors (Lipinski definition) is 1. The average Bonchev–Trinajstić information content (AvgIpc) is 2.16. The van der Waals surface area contributed by atoms with Gasteiger partial charge < -0.3 is 9.84 Å². The second-order valence-corrected chi connectivity index (χ2v) is 3.56. The van der Waals surface area contributed by atoms with Crippen molar-refractivity contribution in [2.75, 3.05) is 6.61 Å². The second-order valence-electron chi connectivity index (χ2n) is 3.56. The summed E-state index contributed by atoms with van der Waals surface area (Å²) in [4.78, 5) is 10.4. The first-order chi connectivity index (χ1) is 6.52. The van der Waals surface area contributed by atoms with Crippen molar-refractivity contribution < 1.29 is 14.6 Å². The summed E-state index contributed by atoms with van der Waals surface area (Å²) >= 11 is 0. The van der Waals surface area contributed by atoms with Crippen LogP contribution < -0.4 is 0 Å². The molecule has 0 amide bonds. The van der Waals surface area contributed by atoms with Gasteiger partial charge in [-0.1, -0.05) is 30.3 Å². The zero-order valence-corrected chi connectivity index (χ0v) is 8.36. The predicted octanol–water partition coefficient (Wildman–Crippen LogP) is 2.02. The lowest BCUT2D eigenvalue weighted by atomic mass is 9.98. The van der Waals surface area contributed by atoms with Crippen molar-refractivity contribution >= 4 is 5.97 Å². The molecular formula is C11H14O3. The molecular weight excluding hydrogens is 180 g/mol. The van der Waals surface area contributed by atoms with E-state index in [-0.39, 0.29) is 6.61 Å². The van der Waals surface area contributed by atoms with Gasteiger partial charge in [0.15, 0.2) is 0 Å². The van der Waals surface area contributed by atoms with Crippen LogP contribution in [-0.4, -0.2) is 17.7 Å². The molecule has 0 aliphatic heterocycles. The molecule has 0 aromatic heterocycles. The molecule has 14 heavy (non-hydrogen) atoms. The topological polar surface area (TPSA) is 46.5 Å². The molecule has 0 fully saturated rings. The molecule has 3 heteroatoms. The molecule has 0 spiro atoms. The Morgan fingerprint density at radius 2 is 1.93 bits per heavy atom. The van der Waals surface area contributed by atoms with Crippen LogP contribution in [0.15, 0.2) is 30.3 Å². The first kappa shape index (κ1) is 10.7. The lowest BCUT2D eigenvalue weighted by Crippen LogP contribution is -2.25. The van der Waals surface area contributed by atoms with Gasteiger partial charge in [-0.2, -0.15) is 0 Å². The van der Waals surface area contributed by atoms with Crippen molar-refractivity contribution in [1.82, 2.24) is 0 Å². The van der Waals surface area contributed by atoms with Crippen LogP contribution in [0.4, 0.5) is 0 Å². The van der Waals surface area contributed by atoms with Crippen LogP contribution in [0.1, 0.15) is 19.4 Å². The van der Waals surface area contributed by atoms with E-state index in [0.29, 0.717) is 0 Å². The van der Waals surface area contributed by atoms with Crippen molar-refractivity contribution in [3.8, 4) is 0 Å². The largest absolute Gasteiger partial charge is 0.480 e. The number of carboxylic acids is 1. The highest BCUT2D eigenvalue weighted by Crippen LogP contribution is 2.23. The van der Waals surface area contributed by atoms with E-state index < -0.39 is 11.6 Å². The van der Waals surface area contributed by atoms with E-state index in [1.165, 1.54) is 0 Å². The number of aliphatic carboxylic acids is 1. The van der Waals surface area contributed by atoms with Crippen LogP contribution in [0.5, 0.6) is 0 Å². The Kier molecular flexibility index (Phi) is 3.25. The van der Waals surface area contributed by atoms with Gasteiger partial charge in [-0.05, 0) is 19.4 Å². The van der Waals surface area contributed by atoms with E-state index in [9.17, 15) is 4.79 Å². The third-order valence-electron chi connectivity index (χ3n) is 2.03. The molecule has 1 rings (SSSR count). The van der Waals surface area contributed by atoms with Crippen molar-refractivity contribution in [3.63, 3.8) is 0 Å². The Morgan fingerprint density at radius 3 is 2.43 bits per heavy atom. The van der Waals surface area contributed by atoms with Gasteiger partial charge in [-0.3, -0.25) is 0 Å². The zero-order valence-electron chi connectivity index (χ0n) is 8.36. The molecule has 0 atom stereocenters. The highest BCUT2D eigenvalue weighted by molar-refractivity contribution is 5.68. The molecule has 1 N–H and O–H groups in total. The fourth-order valence-electron chi connectivity index (χ4n) is 1.17. The minimum atomic E-state index is -0.950. The number of ether oxygens (including phenoxy) is 1. The molecule has 0 aliphatic carbocycles. The number of carboxylic acid groups (broad SMARTS) is 1.